The summed E-state index contributed by atoms with van der Waals surface area (Å²) in [5.41, 5.74) is 4.40. The highest BCUT2D eigenvalue weighted by Crippen LogP contribution is 2.37. The van der Waals surface area contributed by atoms with Gasteiger partial charge in [0.25, 0.3) is 0 Å². The van der Waals surface area contributed by atoms with Gasteiger partial charge in [-0.05, 0) is 43.3 Å². The molecule has 0 radical (unpaired) electrons. The summed E-state index contributed by atoms with van der Waals surface area (Å²) in [6, 6.07) is 12.5. The zero-order chi connectivity index (χ0) is 25.0. The maximum absolute atomic E-state index is 12.6. The quantitative estimate of drug-likeness (QED) is 0.326. The third kappa shape index (κ3) is 3.50. The van der Waals surface area contributed by atoms with Gasteiger partial charge in [-0.3, -0.25) is 0 Å². The van der Waals surface area contributed by atoms with Crippen molar-refractivity contribution >= 4 is 26.5 Å². The maximum atomic E-state index is 12.6. The summed E-state index contributed by atoms with van der Waals surface area (Å²) in [7, 11) is -2.22. The van der Waals surface area contributed by atoms with Crippen molar-refractivity contribution in [1.82, 2.24) is 34.3 Å². The molecular weight excluding hydrogens is 482 g/mol. The first kappa shape index (κ1) is 21.9. The molecule has 0 aliphatic rings. The van der Waals surface area contributed by atoms with Crippen LogP contribution in [0, 0.1) is 6.92 Å². The topological polar surface area (TPSA) is 130 Å². The summed E-state index contributed by atoms with van der Waals surface area (Å²) in [4.78, 5) is 13.3. The Kier molecular flexibility index (Phi) is 4.86. The Labute approximate surface area is 204 Å². The van der Waals surface area contributed by atoms with Gasteiger partial charge in [0, 0.05) is 36.0 Å². The molecule has 0 aliphatic carbocycles. The van der Waals surface area contributed by atoms with E-state index in [0.717, 1.165) is 17.6 Å². The van der Waals surface area contributed by atoms with Crippen molar-refractivity contribution in [3.63, 3.8) is 0 Å². The van der Waals surface area contributed by atoms with Crippen LogP contribution in [-0.4, -0.2) is 56.1 Å². The van der Waals surface area contributed by atoms with E-state index < -0.39 is 9.84 Å². The largest absolute Gasteiger partial charge is 0.497 e. The molecule has 0 amide bonds. The van der Waals surface area contributed by atoms with Crippen molar-refractivity contribution in [1.29, 1.82) is 0 Å². The second kappa shape index (κ2) is 7.99. The minimum atomic E-state index is -3.79. The Morgan fingerprint density at radius 2 is 1.94 bits per heavy atom. The number of sulfone groups is 1. The molecule has 5 aromatic heterocycles. The molecule has 0 bridgehead atoms. The third-order valence-corrected chi connectivity index (χ3v) is 6.63. The van der Waals surface area contributed by atoms with E-state index >= 15 is 0 Å². The van der Waals surface area contributed by atoms with Crippen molar-refractivity contribution in [2.45, 2.75) is 12.1 Å². The predicted octanol–water partition coefficient (Wildman–Crippen LogP) is 3.51. The van der Waals surface area contributed by atoms with Gasteiger partial charge in [0.05, 0.1) is 24.5 Å². The normalized spacial score (nSPS) is 12.0. The molecule has 0 atom stereocenters. The Hall–Kier alpha value is -4.58. The van der Waals surface area contributed by atoms with Gasteiger partial charge in [-0.15, -0.1) is 5.10 Å². The first-order valence-electron chi connectivity index (χ1n) is 10.8. The van der Waals surface area contributed by atoms with Gasteiger partial charge in [-0.1, -0.05) is 5.21 Å². The number of hydrogen-bond acceptors (Lipinski definition) is 9. The monoisotopic (exact) mass is 501 g/mol. The number of rotatable bonds is 5. The first-order chi connectivity index (χ1) is 17.3. The zero-order valence-electron chi connectivity index (χ0n) is 19.4. The summed E-state index contributed by atoms with van der Waals surface area (Å²) in [6.45, 7) is 1.94. The van der Waals surface area contributed by atoms with E-state index in [4.69, 9.17) is 9.15 Å². The minimum Gasteiger partial charge on any atom is -0.497 e. The number of benzene rings is 1. The van der Waals surface area contributed by atoms with Gasteiger partial charge in [-0.2, -0.15) is 9.67 Å². The highest BCUT2D eigenvalue weighted by atomic mass is 32.2. The molecule has 12 heteroatoms. The highest BCUT2D eigenvalue weighted by molar-refractivity contribution is 7.90. The van der Waals surface area contributed by atoms with Crippen LogP contribution in [-0.2, 0) is 9.84 Å². The molecule has 5 heterocycles. The minimum absolute atomic E-state index is 0.238. The number of aromatic nitrogens is 7. The van der Waals surface area contributed by atoms with Crippen molar-refractivity contribution in [2.24, 2.45) is 0 Å². The summed E-state index contributed by atoms with van der Waals surface area (Å²) in [5, 5.41) is 8.23. The number of imidazole rings is 1. The van der Waals surface area contributed by atoms with Crippen molar-refractivity contribution in [2.75, 3.05) is 13.4 Å². The molecule has 0 fully saturated rings. The molecule has 11 nitrogen and oxygen atoms in total. The molecule has 0 saturated carbocycles. The second-order valence-corrected chi connectivity index (χ2v) is 10.1. The Bertz CT molecular complexity index is 1870. The summed E-state index contributed by atoms with van der Waals surface area (Å²) >= 11 is 0. The Morgan fingerprint density at radius 1 is 1.08 bits per heavy atom. The summed E-state index contributed by atoms with van der Waals surface area (Å²) in [5.74, 6) is 1.24. The van der Waals surface area contributed by atoms with Crippen LogP contribution < -0.4 is 4.74 Å². The van der Waals surface area contributed by atoms with E-state index in [0.29, 0.717) is 39.4 Å². The van der Waals surface area contributed by atoms with Crippen molar-refractivity contribution < 1.29 is 17.6 Å². The number of ether oxygens (including phenoxy) is 1. The third-order valence-electron chi connectivity index (χ3n) is 5.79. The van der Waals surface area contributed by atoms with Crippen LogP contribution in [0.25, 0.3) is 45.1 Å². The fourth-order valence-electron chi connectivity index (χ4n) is 4.04. The van der Waals surface area contributed by atoms with Gasteiger partial charge in [0.2, 0.25) is 15.0 Å². The van der Waals surface area contributed by atoms with Gasteiger partial charge >= 0.3 is 0 Å². The predicted molar refractivity (Wildman–Crippen MR) is 131 cm³/mol. The van der Waals surface area contributed by atoms with Crippen LogP contribution in [0.3, 0.4) is 0 Å². The van der Waals surface area contributed by atoms with Crippen LogP contribution in [0.15, 0.2) is 70.7 Å². The number of methoxy groups -OCH3 is 1. The summed E-state index contributed by atoms with van der Waals surface area (Å²) in [6.07, 6.45) is 6.23. The van der Waals surface area contributed by atoms with Crippen LogP contribution in [0.1, 0.15) is 5.69 Å². The lowest BCUT2D eigenvalue weighted by molar-refractivity contribution is 0.415. The smallest absolute Gasteiger partial charge is 0.249 e. The fraction of sp³-hybridized carbons (Fsp3) is 0.125. The number of hydrogen-bond donors (Lipinski definition) is 0. The van der Waals surface area contributed by atoms with Crippen LogP contribution in [0.2, 0.25) is 0 Å². The standard InChI is InChI=1S/C24H19N7O4S/c1-14-12-25-20-9-6-15(13-30(14)20)21-22(19-5-4-10-35-19)26-24(36(3,32)33)27-23(21)31-18-8-7-16(34-2)11-17(18)28-29-31/h4-13H,1-3H3. The molecule has 0 unspecified atom stereocenters. The lowest BCUT2D eigenvalue weighted by Gasteiger charge is -2.15. The molecule has 0 N–H and O–H groups in total. The average Bonchev–Trinajstić information content (AvgIpc) is 3.62. The lowest BCUT2D eigenvalue weighted by atomic mass is 10.0. The molecule has 1 aromatic carbocycles. The molecular formula is C24H19N7O4S. The van der Waals surface area contributed by atoms with Gasteiger partial charge in [0.15, 0.2) is 11.6 Å². The molecule has 6 rings (SSSR count). The molecule has 0 spiro atoms. The molecule has 0 saturated heterocycles. The van der Waals surface area contributed by atoms with Crippen LogP contribution >= 0.6 is 0 Å². The lowest BCUT2D eigenvalue weighted by Crippen LogP contribution is -2.12. The average molecular weight is 502 g/mol. The number of aryl methyl sites for hydroxylation is 1. The summed E-state index contributed by atoms with van der Waals surface area (Å²) < 4.78 is 39.7. The fourth-order valence-corrected chi connectivity index (χ4v) is 4.55. The van der Waals surface area contributed by atoms with Gasteiger partial charge in [0.1, 0.15) is 22.6 Å². The van der Waals surface area contributed by atoms with Gasteiger partial charge in [-0.25, -0.2) is 18.4 Å². The Balaban J connectivity index is 1.74. The number of furan rings is 1. The van der Waals surface area contributed by atoms with E-state index in [9.17, 15) is 8.42 Å². The van der Waals surface area contributed by atoms with E-state index in [-0.39, 0.29) is 11.0 Å². The second-order valence-electron chi connectivity index (χ2n) is 8.20. The van der Waals surface area contributed by atoms with E-state index in [1.807, 2.05) is 29.7 Å². The molecule has 6 aromatic rings. The van der Waals surface area contributed by atoms with Gasteiger partial charge < -0.3 is 13.6 Å². The van der Waals surface area contributed by atoms with E-state index in [1.165, 1.54) is 10.9 Å². The van der Waals surface area contributed by atoms with Crippen LogP contribution in [0.5, 0.6) is 5.75 Å². The molecule has 180 valence electrons. The number of fused-ring (bicyclic) bond motifs is 2. The van der Waals surface area contributed by atoms with E-state index in [1.54, 1.807) is 43.6 Å². The SMILES string of the molecule is COc1ccc2c(c1)nnn2-c1nc(S(C)(=O)=O)nc(-c2ccco2)c1-c1ccc2ncc(C)n2c1. The first-order valence-corrected chi connectivity index (χ1v) is 12.7. The number of pyridine rings is 1. The highest BCUT2D eigenvalue weighted by Gasteiger charge is 2.26. The number of nitrogens with zero attached hydrogens (tertiary/aromatic N) is 7. The zero-order valence-corrected chi connectivity index (χ0v) is 20.3. The molecule has 36 heavy (non-hydrogen) atoms. The van der Waals surface area contributed by atoms with Crippen molar-refractivity contribution in [3.05, 3.63) is 66.8 Å². The van der Waals surface area contributed by atoms with E-state index in [2.05, 4.69) is 25.3 Å². The molecule has 0 aliphatic heterocycles. The van der Waals surface area contributed by atoms with Crippen LogP contribution in [0.4, 0.5) is 0 Å². The Morgan fingerprint density at radius 3 is 2.69 bits per heavy atom. The van der Waals surface area contributed by atoms with Crippen molar-refractivity contribution in [3.8, 4) is 34.1 Å². The maximum Gasteiger partial charge on any atom is 0.249 e.